The van der Waals surface area contributed by atoms with E-state index < -0.39 is 78.4 Å². The zero-order chi connectivity index (χ0) is 35.7. The number of hydrogen-bond acceptors (Lipinski definition) is 18. The summed E-state index contributed by atoms with van der Waals surface area (Å²) < 4.78 is 12.3. The number of likely N-dealkylation sites (N-methyl/N-ethyl adjacent to an activating group) is 1. The molecule has 264 valence electrons. The number of carbonyl (C=O) groups is 3. The van der Waals surface area contributed by atoms with Crippen LogP contribution in [-0.2, 0) is 36.9 Å². The van der Waals surface area contributed by atoms with Gasteiger partial charge < -0.3 is 65.7 Å². The Morgan fingerprint density at radius 2 is 1.49 bits per heavy atom. The van der Waals surface area contributed by atoms with Crippen molar-refractivity contribution in [3.05, 3.63) is 44.8 Å². The largest absolute Gasteiger partial charge is 0.480 e. The van der Waals surface area contributed by atoms with Gasteiger partial charge in [-0.25, -0.2) is 19.1 Å². The third-order valence-corrected chi connectivity index (χ3v) is 6.07. The summed E-state index contributed by atoms with van der Waals surface area (Å²) in [5.41, 5.74) is 0. The monoisotopic (exact) mass is 678 g/mol. The van der Waals surface area contributed by atoms with Crippen LogP contribution in [0.2, 0.25) is 0 Å². The lowest BCUT2D eigenvalue weighted by Gasteiger charge is -2.25. The molecule has 4 unspecified atom stereocenters. The molecule has 47 heavy (non-hydrogen) atoms. The van der Waals surface area contributed by atoms with E-state index in [1.807, 2.05) is 0 Å². The first-order valence-corrected chi connectivity index (χ1v) is 13.7. The Hall–Kier alpha value is -4.65. The van der Waals surface area contributed by atoms with Gasteiger partial charge in [-0.1, -0.05) is 0 Å². The van der Waals surface area contributed by atoms with Crippen molar-refractivity contribution in [2.24, 2.45) is 0 Å². The Balaban J connectivity index is 0.000000716. The summed E-state index contributed by atoms with van der Waals surface area (Å²) in [6.45, 7) is -1.39. The van der Waals surface area contributed by atoms with Gasteiger partial charge in [0, 0.05) is 13.5 Å². The Morgan fingerprint density at radius 1 is 0.936 bits per heavy atom. The highest BCUT2D eigenvalue weighted by atomic mass is 16.6. The number of aliphatic hydroxyl groups excluding tert-OH is 5. The molecule has 0 aliphatic heterocycles. The van der Waals surface area contributed by atoms with Crippen molar-refractivity contribution in [1.29, 1.82) is 0 Å². The summed E-state index contributed by atoms with van der Waals surface area (Å²) >= 11 is 0. The van der Waals surface area contributed by atoms with Crippen molar-refractivity contribution >= 4 is 29.5 Å². The van der Waals surface area contributed by atoms with Crippen molar-refractivity contribution in [2.75, 3.05) is 53.0 Å². The second-order valence-electron chi connectivity index (χ2n) is 9.61. The topological polar surface area (TPSA) is 328 Å². The number of carboxylic acid groups (broad SMARTS) is 1. The van der Waals surface area contributed by atoms with E-state index in [9.17, 15) is 39.7 Å². The van der Waals surface area contributed by atoms with Gasteiger partial charge in [0.1, 0.15) is 57.0 Å². The number of carbonyl (C=O) groups excluding carboxylic acids is 2. The number of aliphatic carboxylic acids is 1. The minimum Gasteiger partial charge on any atom is -0.480 e. The molecule has 2 heterocycles. The lowest BCUT2D eigenvalue weighted by molar-refractivity contribution is -0.392. The molecule has 0 spiro atoms. The van der Waals surface area contributed by atoms with E-state index in [1.165, 1.54) is 10.9 Å². The highest BCUT2D eigenvalue weighted by Gasteiger charge is 2.29. The van der Waals surface area contributed by atoms with Gasteiger partial charge in [-0.3, -0.25) is 19.3 Å². The number of hydrogen-bond donors (Lipinski definition) is 7. The minimum atomic E-state index is -1.55. The number of aromatic nitrogens is 4. The number of ether oxygens (including phenoxy) is 2. The van der Waals surface area contributed by atoms with Crippen molar-refractivity contribution in [1.82, 2.24) is 29.3 Å². The van der Waals surface area contributed by atoms with Gasteiger partial charge in [0.15, 0.2) is 12.2 Å². The van der Waals surface area contributed by atoms with Gasteiger partial charge in [0.05, 0.1) is 32.3 Å². The Labute approximate surface area is 265 Å². The van der Waals surface area contributed by atoms with E-state index >= 15 is 0 Å². The van der Waals surface area contributed by atoms with E-state index in [0.717, 1.165) is 21.9 Å². The van der Waals surface area contributed by atoms with Crippen LogP contribution >= 0.6 is 0 Å². The standard InChI is InChI=1S/C17H21N7O10.C7H17NO5/c1-12-19-7-14(24(31)32)22(12)3-5-34-17(28)10-20(8-15(25)26)9-16(27)33-4-2-21-11-18-6-13(21)23(29)30;1-8-2-4(10)6(12)7(13)5(11)3-9/h6-7,11H,2-5,8-10H2,1H3,(H,25,26);4-13H,2-3H2,1H3. The molecule has 0 saturated heterocycles. The summed E-state index contributed by atoms with van der Waals surface area (Å²) in [4.78, 5) is 64.1. The highest BCUT2D eigenvalue weighted by molar-refractivity contribution is 5.77. The summed E-state index contributed by atoms with van der Waals surface area (Å²) in [6.07, 6.45) is -2.35. The van der Waals surface area contributed by atoms with E-state index in [2.05, 4.69) is 15.3 Å². The third kappa shape index (κ3) is 14.1. The van der Waals surface area contributed by atoms with Gasteiger partial charge in [-0.15, -0.1) is 0 Å². The van der Waals surface area contributed by atoms with Gasteiger partial charge in [-0.2, -0.15) is 0 Å². The summed E-state index contributed by atoms with van der Waals surface area (Å²) in [5.74, 6) is -3.24. The molecule has 23 nitrogen and oxygen atoms in total. The van der Waals surface area contributed by atoms with Crippen molar-refractivity contribution in [3.8, 4) is 0 Å². The Bertz CT molecular complexity index is 1320. The molecule has 0 fully saturated rings. The number of nitro groups is 2. The molecule has 0 aliphatic rings. The molecule has 23 heteroatoms. The Morgan fingerprint density at radius 3 is 2.00 bits per heavy atom. The smallest absolute Gasteiger partial charge is 0.342 e. The molecule has 0 saturated carbocycles. The van der Waals surface area contributed by atoms with Gasteiger partial charge >= 0.3 is 29.5 Å². The zero-order valence-electron chi connectivity index (χ0n) is 25.4. The second-order valence-corrected chi connectivity index (χ2v) is 9.61. The lowest BCUT2D eigenvalue weighted by Crippen LogP contribution is -2.48. The van der Waals surface area contributed by atoms with Crippen LogP contribution in [0.3, 0.4) is 0 Å². The normalized spacial score (nSPS) is 13.5. The SMILES string of the molecule is CNCC(O)C(O)C(O)C(O)CO.Cc1ncc([N+](=O)[O-])n1CCOC(=O)CN(CC(=O)O)CC(=O)OCCn1cncc1[N+](=O)[O-]. The molecule has 0 bridgehead atoms. The first kappa shape index (κ1) is 40.4. The zero-order valence-corrected chi connectivity index (χ0v) is 25.4. The van der Waals surface area contributed by atoms with Crippen molar-refractivity contribution in [2.45, 2.75) is 44.4 Å². The molecule has 0 radical (unpaired) electrons. The van der Waals surface area contributed by atoms with Crippen LogP contribution in [0.5, 0.6) is 0 Å². The second kappa shape index (κ2) is 20.5. The van der Waals surface area contributed by atoms with Crippen LogP contribution in [0.4, 0.5) is 11.6 Å². The van der Waals surface area contributed by atoms with E-state index in [1.54, 1.807) is 14.0 Å². The molecule has 0 aliphatic carbocycles. The van der Waals surface area contributed by atoms with Crippen LogP contribution in [-0.4, -0.2) is 160 Å². The Kier molecular flexibility index (Phi) is 17.6. The fourth-order valence-corrected chi connectivity index (χ4v) is 3.73. The predicted molar refractivity (Wildman–Crippen MR) is 154 cm³/mol. The summed E-state index contributed by atoms with van der Waals surface area (Å²) in [7, 11) is 1.57. The fraction of sp³-hybridized carbons (Fsp3) is 0.625. The predicted octanol–water partition coefficient (Wildman–Crippen LogP) is -3.98. The minimum absolute atomic E-state index is 0.0464. The molecule has 7 N–H and O–H groups in total. The number of rotatable bonds is 20. The maximum absolute atomic E-state index is 12.1. The number of nitrogens with one attached hydrogen (secondary N) is 1. The van der Waals surface area contributed by atoms with Crippen LogP contribution in [0.25, 0.3) is 0 Å². The number of imidazole rings is 2. The first-order valence-electron chi connectivity index (χ1n) is 13.7. The van der Waals surface area contributed by atoms with E-state index in [0.29, 0.717) is 5.82 Å². The number of aliphatic hydroxyl groups is 5. The molecular formula is C24H38N8O15. The third-order valence-electron chi connectivity index (χ3n) is 6.07. The van der Waals surface area contributed by atoms with Crippen LogP contribution in [0.15, 0.2) is 18.7 Å². The van der Waals surface area contributed by atoms with Gasteiger partial charge in [0.25, 0.3) is 0 Å². The van der Waals surface area contributed by atoms with Gasteiger partial charge in [-0.05, 0) is 16.9 Å². The van der Waals surface area contributed by atoms with Crippen LogP contribution < -0.4 is 5.32 Å². The van der Waals surface area contributed by atoms with Crippen molar-refractivity contribution < 1.29 is 64.3 Å². The molecule has 2 rings (SSSR count). The molecule has 0 amide bonds. The number of nitrogens with zero attached hydrogens (tertiary/aromatic N) is 7. The lowest BCUT2D eigenvalue weighted by atomic mass is 10.0. The van der Waals surface area contributed by atoms with Crippen molar-refractivity contribution in [3.63, 3.8) is 0 Å². The molecular weight excluding hydrogens is 640 g/mol. The van der Waals surface area contributed by atoms with Crippen LogP contribution in [0, 0.1) is 27.2 Å². The average Bonchev–Trinajstić information content (AvgIpc) is 3.62. The average molecular weight is 679 g/mol. The number of carboxylic acids is 1. The summed E-state index contributed by atoms with van der Waals surface area (Å²) in [6, 6.07) is 0. The van der Waals surface area contributed by atoms with Crippen LogP contribution in [0.1, 0.15) is 5.82 Å². The maximum atomic E-state index is 12.1. The number of esters is 2. The fourth-order valence-electron chi connectivity index (χ4n) is 3.73. The summed E-state index contributed by atoms with van der Waals surface area (Å²) in [5, 5.41) is 78.3. The highest BCUT2D eigenvalue weighted by Crippen LogP contribution is 2.13. The maximum Gasteiger partial charge on any atom is 0.342 e. The molecule has 2 aromatic rings. The van der Waals surface area contributed by atoms with Gasteiger partial charge in [0.2, 0.25) is 0 Å². The van der Waals surface area contributed by atoms with E-state index in [4.69, 9.17) is 35.0 Å². The van der Waals surface area contributed by atoms with E-state index in [-0.39, 0.29) is 44.5 Å². The molecule has 0 aromatic carbocycles. The molecule has 4 atom stereocenters. The first-order chi connectivity index (χ1) is 22.1. The number of aryl methyl sites for hydroxylation is 1. The quantitative estimate of drug-likeness (QED) is 0.0399. The molecule has 2 aromatic heterocycles.